The average Bonchev–Trinajstić information content (AvgIpc) is 2.44. The number of carbonyl (C=O) groups excluding carboxylic acids is 1. The summed E-state index contributed by atoms with van der Waals surface area (Å²) in [4.78, 5) is 22.2. The van der Waals surface area contributed by atoms with Gasteiger partial charge in [-0.15, -0.1) is 0 Å². The van der Waals surface area contributed by atoms with Crippen LogP contribution in [0.2, 0.25) is 0 Å². The monoisotopic (exact) mass is 279 g/mol. The van der Waals surface area contributed by atoms with Crippen LogP contribution in [0, 0.1) is 0 Å². The van der Waals surface area contributed by atoms with Crippen molar-refractivity contribution < 1.29 is 19.4 Å². The number of ether oxygens (including phenoxy) is 1. The van der Waals surface area contributed by atoms with Crippen molar-refractivity contribution in [1.29, 1.82) is 0 Å². The van der Waals surface area contributed by atoms with Gasteiger partial charge < -0.3 is 15.2 Å². The van der Waals surface area contributed by atoms with Crippen molar-refractivity contribution in [2.45, 2.75) is 26.2 Å². The number of hydrogen-bond donors (Lipinski definition) is 2. The van der Waals surface area contributed by atoms with Gasteiger partial charge in [0.05, 0.1) is 5.56 Å². The Morgan fingerprint density at radius 3 is 2.55 bits per heavy atom. The van der Waals surface area contributed by atoms with E-state index in [0.717, 1.165) is 12.0 Å². The molecule has 1 aromatic rings. The second-order valence-electron chi connectivity index (χ2n) is 4.40. The van der Waals surface area contributed by atoms with E-state index in [1.807, 2.05) is 6.92 Å². The first-order valence-corrected chi connectivity index (χ1v) is 6.80. The minimum absolute atomic E-state index is 0.0202. The van der Waals surface area contributed by atoms with E-state index in [1.165, 1.54) is 0 Å². The molecule has 2 N–H and O–H groups in total. The highest BCUT2D eigenvalue weighted by Crippen LogP contribution is 2.04. The van der Waals surface area contributed by atoms with E-state index in [2.05, 4.69) is 5.32 Å². The molecule has 0 fully saturated rings. The first-order chi connectivity index (χ1) is 9.63. The summed E-state index contributed by atoms with van der Waals surface area (Å²) < 4.78 is 5.16. The van der Waals surface area contributed by atoms with Gasteiger partial charge in [-0.05, 0) is 37.5 Å². The first kappa shape index (κ1) is 16.2. The number of hydrogen-bond acceptors (Lipinski definition) is 3. The van der Waals surface area contributed by atoms with Gasteiger partial charge in [0.15, 0.2) is 0 Å². The molecule has 5 nitrogen and oxygen atoms in total. The van der Waals surface area contributed by atoms with E-state index in [-0.39, 0.29) is 11.5 Å². The van der Waals surface area contributed by atoms with Crippen LogP contribution in [0.1, 0.15) is 35.7 Å². The summed E-state index contributed by atoms with van der Waals surface area (Å²) in [7, 11) is 0. The molecule has 1 rings (SSSR count). The van der Waals surface area contributed by atoms with Crippen molar-refractivity contribution >= 4 is 11.9 Å². The third-order valence-corrected chi connectivity index (χ3v) is 2.83. The summed E-state index contributed by atoms with van der Waals surface area (Å²) >= 11 is 0. The number of rotatable bonds is 9. The lowest BCUT2D eigenvalue weighted by Gasteiger charge is -2.06. The van der Waals surface area contributed by atoms with Crippen LogP contribution in [-0.2, 0) is 16.0 Å². The number of carboxylic acid groups (broad SMARTS) is 1. The number of amides is 1. The molecule has 1 aromatic carbocycles. The third kappa shape index (κ3) is 6.33. The van der Waals surface area contributed by atoms with Crippen LogP contribution in [0.3, 0.4) is 0 Å². The molecular weight excluding hydrogens is 258 g/mol. The normalized spacial score (nSPS) is 10.2. The molecule has 0 unspecified atom stereocenters. The Balaban J connectivity index is 2.20. The van der Waals surface area contributed by atoms with Crippen molar-refractivity contribution in [3.63, 3.8) is 0 Å². The first-order valence-electron chi connectivity index (χ1n) is 6.80. The van der Waals surface area contributed by atoms with Crippen molar-refractivity contribution in [3.05, 3.63) is 35.4 Å². The summed E-state index contributed by atoms with van der Waals surface area (Å²) in [6, 6.07) is 6.68. The number of nitrogens with one attached hydrogen (secondary N) is 1. The quantitative estimate of drug-likeness (QED) is 0.677. The second kappa shape index (κ2) is 9.09. The van der Waals surface area contributed by atoms with Gasteiger partial charge >= 0.3 is 5.97 Å². The van der Waals surface area contributed by atoms with Gasteiger partial charge in [-0.25, -0.2) is 4.79 Å². The molecule has 0 saturated heterocycles. The zero-order chi connectivity index (χ0) is 14.8. The number of aromatic carboxylic acids is 1. The Labute approximate surface area is 118 Å². The zero-order valence-corrected chi connectivity index (χ0v) is 11.7. The molecule has 0 atom stereocenters. The predicted molar refractivity (Wildman–Crippen MR) is 75.8 cm³/mol. The molecule has 0 aliphatic rings. The third-order valence-electron chi connectivity index (χ3n) is 2.83. The van der Waals surface area contributed by atoms with E-state index < -0.39 is 5.97 Å². The van der Waals surface area contributed by atoms with Gasteiger partial charge in [0.2, 0.25) is 5.91 Å². The van der Waals surface area contributed by atoms with Crippen molar-refractivity contribution in [2.24, 2.45) is 0 Å². The standard InChI is InChI=1S/C15H21NO4/c1-2-20-11-3-4-14(17)16-10-9-12-5-7-13(8-6-12)15(18)19/h5-8H,2-4,9-11H2,1H3,(H,16,17)(H,18,19). The van der Waals surface area contributed by atoms with Gasteiger partial charge in [0.1, 0.15) is 0 Å². The smallest absolute Gasteiger partial charge is 0.335 e. The van der Waals surface area contributed by atoms with Crippen LogP contribution in [0.4, 0.5) is 0 Å². The lowest BCUT2D eigenvalue weighted by Crippen LogP contribution is -2.25. The molecule has 0 spiro atoms. The maximum atomic E-state index is 11.5. The van der Waals surface area contributed by atoms with E-state index in [0.29, 0.717) is 32.6 Å². The molecule has 0 radical (unpaired) electrons. The Morgan fingerprint density at radius 1 is 1.25 bits per heavy atom. The highest BCUT2D eigenvalue weighted by molar-refractivity contribution is 5.87. The minimum atomic E-state index is -0.931. The largest absolute Gasteiger partial charge is 0.478 e. The van der Waals surface area contributed by atoms with Crippen LogP contribution in [0.5, 0.6) is 0 Å². The van der Waals surface area contributed by atoms with Crippen molar-refractivity contribution in [2.75, 3.05) is 19.8 Å². The predicted octanol–water partition coefficient (Wildman–Crippen LogP) is 1.86. The van der Waals surface area contributed by atoms with Crippen LogP contribution in [0.15, 0.2) is 24.3 Å². The lowest BCUT2D eigenvalue weighted by atomic mass is 10.1. The minimum Gasteiger partial charge on any atom is -0.478 e. The molecular formula is C15H21NO4. The fourth-order valence-corrected chi connectivity index (χ4v) is 1.73. The van der Waals surface area contributed by atoms with Gasteiger partial charge in [-0.3, -0.25) is 4.79 Å². The van der Waals surface area contributed by atoms with Gasteiger partial charge in [0, 0.05) is 26.2 Å². The summed E-state index contributed by atoms with van der Waals surface area (Å²) in [5.74, 6) is -0.911. The van der Waals surface area contributed by atoms with Gasteiger partial charge in [0.25, 0.3) is 0 Å². The number of carboxylic acids is 1. The molecule has 20 heavy (non-hydrogen) atoms. The molecule has 5 heteroatoms. The molecule has 110 valence electrons. The molecule has 0 heterocycles. The Morgan fingerprint density at radius 2 is 1.95 bits per heavy atom. The fraction of sp³-hybridized carbons (Fsp3) is 0.467. The Kier molecular flexibility index (Phi) is 7.35. The summed E-state index contributed by atoms with van der Waals surface area (Å²) in [5.41, 5.74) is 1.28. The van der Waals surface area contributed by atoms with Gasteiger partial charge in [-0.1, -0.05) is 12.1 Å². The Hall–Kier alpha value is -1.88. The van der Waals surface area contributed by atoms with Crippen LogP contribution in [-0.4, -0.2) is 36.7 Å². The number of carbonyl (C=O) groups is 2. The molecule has 0 saturated carbocycles. The number of benzene rings is 1. The van der Waals surface area contributed by atoms with E-state index in [9.17, 15) is 9.59 Å². The molecule has 0 bridgehead atoms. The average molecular weight is 279 g/mol. The fourth-order valence-electron chi connectivity index (χ4n) is 1.73. The summed E-state index contributed by atoms with van der Waals surface area (Å²) in [5, 5.41) is 11.6. The lowest BCUT2D eigenvalue weighted by molar-refractivity contribution is -0.121. The van der Waals surface area contributed by atoms with Gasteiger partial charge in [-0.2, -0.15) is 0 Å². The Bertz CT molecular complexity index is 428. The van der Waals surface area contributed by atoms with E-state index >= 15 is 0 Å². The maximum absolute atomic E-state index is 11.5. The highest BCUT2D eigenvalue weighted by atomic mass is 16.5. The van der Waals surface area contributed by atoms with Crippen LogP contribution in [0.25, 0.3) is 0 Å². The summed E-state index contributed by atoms with van der Waals surface area (Å²) in [6.45, 7) is 3.77. The topological polar surface area (TPSA) is 75.6 Å². The second-order valence-corrected chi connectivity index (χ2v) is 4.40. The highest BCUT2D eigenvalue weighted by Gasteiger charge is 2.03. The molecule has 0 aromatic heterocycles. The maximum Gasteiger partial charge on any atom is 0.335 e. The van der Waals surface area contributed by atoms with Crippen LogP contribution < -0.4 is 5.32 Å². The zero-order valence-electron chi connectivity index (χ0n) is 11.7. The SMILES string of the molecule is CCOCCCC(=O)NCCc1ccc(C(=O)O)cc1. The van der Waals surface area contributed by atoms with E-state index in [1.54, 1.807) is 24.3 Å². The molecule has 0 aliphatic carbocycles. The molecule has 1 amide bonds. The van der Waals surface area contributed by atoms with Crippen LogP contribution >= 0.6 is 0 Å². The van der Waals surface area contributed by atoms with E-state index in [4.69, 9.17) is 9.84 Å². The molecule has 0 aliphatic heterocycles. The van der Waals surface area contributed by atoms with Crippen molar-refractivity contribution in [3.8, 4) is 0 Å². The summed E-state index contributed by atoms with van der Waals surface area (Å²) in [6.07, 6.45) is 1.89. The van der Waals surface area contributed by atoms with Crippen molar-refractivity contribution in [1.82, 2.24) is 5.32 Å².